The molecule has 182 valence electrons. The highest BCUT2D eigenvalue weighted by Crippen LogP contribution is 2.35. The quantitative estimate of drug-likeness (QED) is 0.472. The molecule has 0 radical (unpaired) electrons. The van der Waals surface area contributed by atoms with Gasteiger partial charge in [-0.3, -0.25) is 0 Å². The Morgan fingerprint density at radius 3 is 2.43 bits per heavy atom. The van der Waals surface area contributed by atoms with Crippen LogP contribution in [-0.2, 0) is 7.05 Å². The number of aryl methyl sites for hydroxylation is 3. The van der Waals surface area contributed by atoms with Gasteiger partial charge < -0.3 is 14.6 Å². The van der Waals surface area contributed by atoms with Gasteiger partial charge in [-0.2, -0.15) is 4.68 Å². The molecule has 2 fully saturated rings. The van der Waals surface area contributed by atoms with Crippen LogP contribution in [0.3, 0.4) is 0 Å². The molecule has 1 aliphatic heterocycles. The molecule has 1 N–H and O–H groups in total. The highest BCUT2D eigenvalue weighted by Gasteiger charge is 2.34. The topological polar surface area (TPSA) is 97.8 Å². The molecule has 6 rings (SSSR count). The second-order valence-electron chi connectivity index (χ2n) is 10.0. The smallest absolute Gasteiger partial charge is 0.163 e. The maximum Gasteiger partial charge on any atom is 0.163 e. The summed E-state index contributed by atoms with van der Waals surface area (Å²) in [5.41, 5.74) is 2.20. The average molecular weight is 473 g/mol. The fraction of sp³-hybridized carbons (Fsp3) is 0.500. The molecule has 0 spiro atoms. The monoisotopic (exact) mass is 472 g/mol. The second kappa shape index (κ2) is 8.71. The fourth-order valence-electron chi connectivity index (χ4n) is 5.62. The van der Waals surface area contributed by atoms with Crippen molar-refractivity contribution in [2.24, 2.45) is 13.0 Å². The number of rotatable bonds is 5. The van der Waals surface area contributed by atoms with Crippen molar-refractivity contribution in [3.8, 4) is 5.82 Å². The Morgan fingerprint density at radius 1 is 0.914 bits per heavy atom. The molecule has 9 nitrogen and oxygen atoms in total. The van der Waals surface area contributed by atoms with Crippen molar-refractivity contribution >= 4 is 16.9 Å². The number of para-hydroxylation sites is 2. The van der Waals surface area contributed by atoms with Gasteiger partial charge in [-0.1, -0.05) is 31.4 Å². The number of benzene rings is 1. The zero-order chi connectivity index (χ0) is 24.1. The first-order chi connectivity index (χ1) is 17.0. The van der Waals surface area contributed by atoms with Crippen LogP contribution in [0.4, 0.5) is 5.82 Å². The molecule has 0 bridgehead atoms. The van der Waals surface area contributed by atoms with Crippen LogP contribution in [0.25, 0.3) is 16.9 Å². The predicted octanol–water partition coefficient (Wildman–Crippen LogP) is 3.78. The van der Waals surface area contributed by atoms with E-state index in [1.54, 1.807) is 4.68 Å². The molecule has 35 heavy (non-hydrogen) atoms. The van der Waals surface area contributed by atoms with Gasteiger partial charge in [-0.25, -0.2) is 19.9 Å². The first-order valence-electron chi connectivity index (χ1n) is 12.6. The van der Waals surface area contributed by atoms with E-state index in [0.717, 1.165) is 61.4 Å². The lowest BCUT2D eigenvalue weighted by Gasteiger charge is -2.39. The summed E-state index contributed by atoms with van der Waals surface area (Å²) in [6.45, 7) is 5.46. The molecule has 1 atom stereocenters. The van der Waals surface area contributed by atoms with Crippen molar-refractivity contribution in [2.45, 2.75) is 58.0 Å². The van der Waals surface area contributed by atoms with E-state index >= 15 is 0 Å². The molecule has 0 unspecified atom stereocenters. The third-order valence-corrected chi connectivity index (χ3v) is 7.52. The molecule has 4 aromatic rings. The number of aromatic nitrogens is 7. The number of aliphatic hydroxyl groups excluding tert-OH is 1. The number of hydrogen-bond donors (Lipinski definition) is 1. The number of anilines is 1. The van der Waals surface area contributed by atoms with Crippen LogP contribution in [0.15, 0.2) is 30.3 Å². The van der Waals surface area contributed by atoms with Crippen LogP contribution in [0.1, 0.15) is 67.4 Å². The molecule has 1 aliphatic carbocycles. The summed E-state index contributed by atoms with van der Waals surface area (Å²) in [7, 11) is 2.09. The van der Waals surface area contributed by atoms with Crippen molar-refractivity contribution in [3.63, 3.8) is 0 Å². The van der Waals surface area contributed by atoms with Crippen molar-refractivity contribution in [1.82, 2.24) is 34.3 Å². The minimum atomic E-state index is -0.638. The van der Waals surface area contributed by atoms with Crippen LogP contribution in [0, 0.1) is 19.8 Å². The first kappa shape index (κ1) is 22.2. The Hall–Kier alpha value is -3.33. The van der Waals surface area contributed by atoms with Crippen molar-refractivity contribution in [2.75, 3.05) is 18.0 Å². The lowest BCUT2D eigenvalue weighted by atomic mass is 9.85. The average Bonchev–Trinajstić information content (AvgIpc) is 3.38. The number of hydrogen-bond acceptors (Lipinski definition) is 7. The van der Waals surface area contributed by atoms with E-state index < -0.39 is 6.10 Å². The standard InChI is InChI=1S/C26H32N8O/c1-16-27-22(33-14-19(15-33)25-30-20-11-7-8-12-21(20)32(25)3)13-23(28-16)34-26(29-17(2)31-34)24(35)18-9-5-4-6-10-18/h7-8,11-13,18-19,24,35H,4-6,9-10,14-15H2,1-3H3/t24-/m1/s1. The second-order valence-corrected chi connectivity index (χ2v) is 10.0. The summed E-state index contributed by atoms with van der Waals surface area (Å²) in [4.78, 5) is 21.1. The van der Waals surface area contributed by atoms with Gasteiger partial charge in [0.15, 0.2) is 11.6 Å². The SMILES string of the molecule is Cc1nc(N2CC(c3nc4ccccc4n3C)C2)cc(-n2nc(C)nc2[C@H](O)C2CCCCC2)n1. The predicted molar refractivity (Wildman–Crippen MR) is 134 cm³/mol. The Labute approximate surface area is 204 Å². The zero-order valence-electron chi connectivity index (χ0n) is 20.6. The lowest BCUT2D eigenvalue weighted by molar-refractivity contribution is 0.0751. The largest absolute Gasteiger partial charge is 0.385 e. The normalized spacial score (nSPS) is 18.2. The molecular formula is C26H32N8O. The molecule has 1 aromatic carbocycles. The molecule has 1 saturated heterocycles. The van der Waals surface area contributed by atoms with E-state index in [1.165, 1.54) is 6.42 Å². The number of nitrogens with zero attached hydrogens (tertiary/aromatic N) is 8. The summed E-state index contributed by atoms with van der Waals surface area (Å²) in [6, 6.07) is 10.2. The van der Waals surface area contributed by atoms with E-state index in [-0.39, 0.29) is 5.92 Å². The molecular weight excluding hydrogens is 440 g/mol. The van der Waals surface area contributed by atoms with E-state index in [4.69, 9.17) is 9.97 Å². The van der Waals surface area contributed by atoms with E-state index in [0.29, 0.717) is 29.2 Å². The van der Waals surface area contributed by atoms with Gasteiger partial charge in [0.05, 0.1) is 17.0 Å². The van der Waals surface area contributed by atoms with Gasteiger partial charge >= 0.3 is 0 Å². The highest BCUT2D eigenvalue weighted by atomic mass is 16.3. The number of aliphatic hydroxyl groups is 1. The molecule has 1 saturated carbocycles. The first-order valence-corrected chi connectivity index (χ1v) is 12.6. The minimum absolute atomic E-state index is 0.220. The molecule has 0 amide bonds. The van der Waals surface area contributed by atoms with Gasteiger partial charge in [0.2, 0.25) is 0 Å². The summed E-state index contributed by atoms with van der Waals surface area (Å²) < 4.78 is 3.92. The van der Waals surface area contributed by atoms with Gasteiger partial charge in [-0.05, 0) is 44.7 Å². The van der Waals surface area contributed by atoms with Gasteiger partial charge in [0.25, 0.3) is 0 Å². The Kier molecular flexibility index (Phi) is 5.51. The summed E-state index contributed by atoms with van der Waals surface area (Å²) >= 11 is 0. The third kappa shape index (κ3) is 3.97. The fourth-order valence-corrected chi connectivity index (χ4v) is 5.62. The van der Waals surface area contributed by atoms with Crippen LogP contribution < -0.4 is 4.90 Å². The zero-order valence-corrected chi connectivity index (χ0v) is 20.6. The molecule has 9 heteroatoms. The van der Waals surface area contributed by atoms with Gasteiger partial charge in [0, 0.05) is 26.2 Å². The maximum atomic E-state index is 11.2. The van der Waals surface area contributed by atoms with Gasteiger partial charge in [0.1, 0.15) is 29.4 Å². The van der Waals surface area contributed by atoms with Crippen molar-refractivity contribution < 1.29 is 5.11 Å². The molecule has 3 aromatic heterocycles. The molecule has 4 heterocycles. The molecule has 2 aliphatic rings. The van der Waals surface area contributed by atoms with Crippen LogP contribution in [0.2, 0.25) is 0 Å². The summed E-state index contributed by atoms with van der Waals surface area (Å²) in [6.07, 6.45) is 4.98. The van der Waals surface area contributed by atoms with E-state index in [2.05, 4.69) is 49.8 Å². The third-order valence-electron chi connectivity index (χ3n) is 7.52. The van der Waals surface area contributed by atoms with Crippen molar-refractivity contribution in [1.29, 1.82) is 0 Å². The summed E-state index contributed by atoms with van der Waals surface area (Å²) in [5.74, 6) is 5.10. The van der Waals surface area contributed by atoms with E-state index in [9.17, 15) is 5.11 Å². The maximum absolute atomic E-state index is 11.2. The van der Waals surface area contributed by atoms with Crippen LogP contribution in [0.5, 0.6) is 0 Å². The van der Waals surface area contributed by atoms with Crippen LogP contribution in [-0.4, -0.2) is 52.5 Å². The van der Waals surface area contributed by atoms with E-state index in [1.807, 2.05) is 26.0 Å². The highest BCUT2D eigenvalue weighted by molar-refractivity contribution is 5.76. The van der Waals surface area contributed by atoms with Crippen LogP contribution >= 0.6 is 0 Å². The Bertz CT molecular complexity index is 1360. The Morgan fingerprint density at radius 2 is 1.66 bits per heavy atom. The Balaban J connectivity index is 1.26. The number of fused-ring (bicyclic) bond motifs is 1. The lowest BCUT2D eigenvalue weighted by Crippen LogP contribution is -2.46. The summed E-state index contributed by atoms with van der Waals surface area (Å²) in [5, 5.41) is 15.8. The number of imidazole rings is 1. The van der Waals surface area contributed by atoms with Gasteiger partial charge in [-0.15, -0.1) is 5.10 Å². The van der Waals surface area contributed by atoms with Crippen molar-refractivity contribution in [3.05, 3.63) is 53.6 Å². The minimum Gasteiger partial charge on any atom is -0.385 e.